The van der Waals surface area contributed by atoms with Crippen LogP contribution in [0.3, 0.4) is 0 Å². The average Bonchev–Trinajstić information content (AvgIpc) is 3.29. The number of carbonyl (C=O) groups is 1. The molecule has 1 aromatic rings. The molecule has 9 rings (SSSR count). The summed E-state index contributed by atoms with van der Waals surface area (Å²) in [5, 5.41) is 22.6. The molecule has 5 unspecified atom stereocenters. The third-order valence-corrected chi connectivity index (χ3v) is 11.6. The molecule has 2 spiro atoms. The van der Waals surface area contributed by atoms with Crippen LogP contribution in [0.15, 0.2) is 42.5 Å². The van der Waals surface area contributed by atoms with Crippen molar-refractivity contribution in [1.29, 1.82) is 0 Å². The molecule has 3 saturated heterocycles. The van der Waals surface area contributed by atoms with Gasteiger partial charge < -0.3 is 14.9 Å². The second-order valence-corrected chi connectivity index (χ2v) is 12.9. The third-order valence-electron chi connectivity index (χ3n) is 11.6. The number of rotatable bonds is 3. The minimum absolute atomic E-state index is 0.00855. The van der Waals surface area contributed by atoms with E-state index < -0.39 is 12.2 Å². The van der Waals surface area contributed by atoms with E-state index in [2.05, 4.69) is 18.4 Å². The van der Waals surface area contributed by atoms with Crippen LogP contribution >= 0.6 is 0 Å². The Hall–Kier alpha value is -1.69. The summed E-state index contributed by atoms with van der Waals surface area (Å²) < 4.78 is 6.23. The number of aliphatic hydroxyl groups is 2. The summed E-state index contributed by atoms with van der Waals surface area (Å²) in [4.78, 5) is 15.7. The van der Waals surface area contributed by atoms with E-state index in [9.17, 15) is 15.0 Å². The summed E-state index contributed by atoms with van der Waals surface area (Å²) in [7, 11) is 0. The zero-order chi connectivity index (χ0) is 22.5. The largest absolute Gasteiger partial charge is 0.462 e. The molecular weight excluding hydrogens is 414 g/mol. The first kappa shape index (κ1) is 19.6. The molecule has 2 N–H and O–H groups in total. The van der Waals surface area contributed by atoms with Crippen molar-refractivity contribution in [3.05, 3.63) is 48.0 Å². The Balaban J connectivity index is 1.19. The van der Waals surface area contributed by atoms with Crippen LogP contribution in [0.25, 0.3) is 0 Å². The topological polar surface area (TPSA) is 70.0 Å². The zero-order valence-electron chi connectivity index (χ0n) is 19.2. The first-order valence-electron chi connectivity index (χ1n) is 12.8. The Labute approximate surface area is 194 Å². The molecule has 5 aliphatic carbocycles. The molecule has 8 aliphatic rings. The highest BCUT2D eigenvalue weighted by atomic mass is 16.5. The van der Waals surface area contributed by atoms with E-state index in [4.69, 9.17) is 4.74 Å². The van der Waals surface area contributed by atoms with E-state index in [-0.39, 0.29) is 40.2 Å². The predicted octanol–water partition coefficient (Wildman–Crippen LogP) is 2.56. The summed E-state index contributed by atoms with van der Waals surface area (Å²) in [5.41, 5.74) is 2.40. The summed E-state index contributed by atoms with van der Waals surface area (Å²) in [6.45, 7) is 7.88. The maximum atomic E-state index is 13.0. The first-order chi connectivity index (χ1) is 15.8. The molecule has 3 heterocycles. The molecule has 33 heavy (non-hydrogen) atoms. The molecular formula is C28H33NO4. The molecule has 8 fully saturated rings. The van der Waals surface area contributed by atoms with E-state index in [1.54, 1.807) is 0 Å². The van der Waals surface area contributed by atoms with Gasteiger partial charge in [-0.1, -0.05) is 49.4 Å². The average molecular weight is 448 g/mol. The SMILES string of the molecule is C=C1C[C@]23C[C@H]4C5[C@@]6(C)C[C@H](OC(=O)Cc7ccccc7)C[C@]57C(C2[C@@H](O)[C@@H](O)[C@H]1C37)N4C6. The van der Waals surface area contributed by atoms with E-state index in [0.29, 0.717) is 30.3 Å². The van der Waals surface area contributed by atoms with Gasteiger partial charge in [0.05, 0.1) is 18.6 Å². The van der Waals surface area contributed by atoms with Crippen molar-refractivity contribution in [1.82, 2.24) is 4.90 Å². The van der Waals surface area contributed by atoms with Crippen molar-refractivity contribution >= 4 is 5.97 Å². The smallest absolute Gasteiger partial charge is 0.310 e. The number of benzene rings is 1. The molecule has 13 atom stereocenters. The minimum atomic E-state index is -0.701. The van der Waals surface area contributed by atoms with E-state index >= 15 is 0 Å². The van der Waals surface area contributed by atoms with Gasteiger partial charge in [-0.3, -0.25) is 9.69 Å². The number of aliphatic hydroxyl groups excluding tert-OH is 2. The molecule has 9 bridgehead atoms. The third kappa shape index (κ3) is 1.96. The van der Waals surface area contributed by atoms with Crippen molar-refractivity contribution in [3.8, 4) is 0 Å². The Bertz CT molecular complexity index is 1090. The maximum Gasteiger partial charge on any atom is 0.310 e. The fourth-order valence-corrected chi connectivity index (χ4v) is 11.7. The Kier molecular flexibility index (Phi) is 3.41. The number of ether oxygens (including phenoxy) is 1. The highest BCUT2D eigenvalue weighted by Gasteiger charge is 2.90. The summed E-state index contributed by atoms with van der Waals surface area (Å²) in [6, 6.07) is 10.8. The van der Waals surface area contributed by atoms with Crippen molar-refractivity contribution in [3.63, 3.8) is 0 Å². The van der Waals surface area contributed by atoms with Crippen molar-refractivity contribution in [2.24, 2.45) is 39.9 Å². The van der Waals surface area contributed by atoms with Gasteiger partial charge in [0.2, 0.25) is 0 Å². The standard InChI is InChI=1S/C28H33NO4/c1-14-9-27-12-17-23-26(2)10-16(33-18(30)8-15-6-4-3-5-7-15)11-28(23)24(27)19(14)21(31)22(32)20(27)25(28)29(17)13-26/h3-7,16-17,19-25,31-32H,1,8-13H2,2H3/t16-,17-,19-,20?,21-,22+,23?,24?,25?,26-,27-,28-/m0/s1. The second-order valence-electron chi connectivity index (χ2n) is 12.9. The van der Waals surface area contributed by atoms with Crippen molar-refractivity contribution < 1.29 is 19.7 Å². The lowest BCUT2D eigenvalue weighted by atomic mass is 9.44. The van der Waals surface area contributed by atoms with Crippen molar-refractivity contribution in [2.45, 2.75) is 69.4 Å². The first-order valence-corrected chi connectivity index (χ1v) is 12.8. The van der Waals surface area contributed by atoms with Crippen LogP contribution in [0.2, 0.25) is 0 Å². The number of hydrogen-bond donors (Lipinski definition) is 2. The maximum absolute atomic E-state index is 13.0. The quantitative estimate of drug-likeness (QED) is 0.551. The predicted molar refractivity (Wildman–Crippen MR) is 121 cm³/mol. The molecule has 3 aliphatic heterocycles. The van der Waals surface area contributed by atoms with Gasteiger partial charge >= 0.3 is 5.97 Å². The van der Waals surface area contributed by atoms with Crippen LogP contribution in [0.5, 0.6) is 0 Å². The van der Waals surface area contributed by atoms with Gasteiger partial charge in [0.15, 0.2) is 0 Å². The fraction of sp³-hybridized carbons (Fsp3) is 0.679. The molecule has 5 heteroatoms. The van der Waals surface area contributed by atoms with Gasteiger partial charge in [-0.05, 0) is 59.3 Å². The summed E-state index contributed by atoms with van der Waals surface area (Å²) >= 11 is 0. The van der Waals surface area contributed by atoms with Crippen LogP contribution in [0.4, 0.5) is 0 Å². The van der Waals surface area contributed by atoms with Crippen LogP contribution in [-0.2, 0) is 16.0 Å². The number of piperidine rings is 2. The fourth-order valence-electron chi connectivity index (χ4n) is 11.7. The lowest BCUT2D eigenvalue weighted by Gasteiger charge is -2.60. The van der Waals surface area contributed by atoms with Crippen LogP contribution in [0, 0.1) is 39.9 Å². The zero-order valence-corrected chi connectivity index (χ0v) is 19.2. The minimum Gasteiger partial charge on any atom is -0.462 e. The van der Waals surface area contributed by atoms with Gasteiger partial charge in [-0.2, -0.15) is 0 Å². The van der Waals surface area contributed by atoms with Gasteiger partial charge in [0, 0.05) is 30.5 Å². The van der Waals surface area contributed by atoms with Gasteiger partial charge in [-0.15, -0.1) is 0 Å². The molecule has 5 saturated carbocycles. The highest BCUT2D eigenvalue weighted by molar-refractivity contribution is 5.72. The van der Waals surface area contributed by atoms with E-state index in [1.807, 2.05) is 30.3 Å². The molecule has 5 nitrogen and oxygen atoms in total. The van der Waals surface area contributed by atoms with Gasteiger partial charge in [0.1, 0.15) is 6.10 Å². The van der Waals surface area contributed by atoms with Crippen LogP contribution in [-0.4, -0.2) is 58.0 Å². The molecule has 1 aromatic carbocycles. The Morgan fingerprint density at radius 1 is 1.15 bits per heavy atom. The number of hydrogen-bond acceptors (Lipinski definition) is 5. The number of nitrogens with zero attached hydrogens (tertiary/aromatic N) is 1. The Morgan fingerprint density at radius 3 is 2.73 bits per heavy atom. The molecule has 174 valence electrons. The van der Waals surface area contributed by atoms with Crippen LogP contribution < -0.4 is 0 Å². The van der Waals surface area contributed by atoms with Crippen LogP contribution in [0.1, 0.15) is 38.2 Å². The number of carbonyl (C=O) groups excluding carboxylic acids is 1. The lowest BCUT2D eigenvalue weighted by Crippen LogP contribution is -2.61. The summed E-state index contributed by atoms with van der Waals surface area (Å²) in [5.74, 6) is 0.927. The molecule has 0 radical (unpaired) electrons. The molecule has 0 amide bonds. The van der Waals surface area contributed by atoms with Crippen molar-refractivity contribution in [2.75, 3.05) is 6.54 Å². The molecule has 0 aromatic heterocycles. The second kappa shape index (κ2) is 5.75. The monoisotopic (exact) mass is 447 g/mol. The van der Waals surface area contributed by atoms with E-state index in [0.717, 1.165) is 43.4 Å². The van der Waals surface area contributed by atoms with Gasteiger partial charge in [-0.25, -0.2) is 0 Å². The van der Waals surface area contributed by atoms with Gasteiger partial charge in [0.25, 0.3) is 0 Å². The number of esters is 1. The normalized spacial score (nSPS) is 58.2. The lowest BCUT2D eigenvalue weighted by molar-refractivity contribution is -0.179. The van der Waals surface area contributed by atoms with E-state index in [1.165, 1.54) is 0 Å². The summed E-state index contributed by atoms with van der Waals surface area (Å²) in [6.07, 6.45) is 2.80. The Morgan fingerprint density at radius 2 is 1.94 bits per heavy atom. The highest BCUT2D eigenvalue weighted by Crippen LogP contribution is 2.88.